The number of carbonyl (C=O) groups is 2. The van der Waals surface area contributed by atoms with Gasteiger partial charge in [-0.1, -0.05) is 48.5 Å². The number of hydrogen-bond acceptors (Lipinski definition) is 6. The van der Waals surface area contributed by atoms with Crippen LogP contribution in [0.1, 0.15) is 35.2 Å². The number of benzene rings is 4. The normalized spacial score (nSPS) is 11.4. The second kappa shape index (κ2) is 11.8. The number of aliphatic carboxylic acids is 1. The van der Waals surface area contributed by atoms with Gasteiger partial charge in [-0.25, -0.2) is 13.4 Å². The molecule has 0 radical (unpaired) electrons. The van der Waals surface area contributed by atoms with Gasteiger partial charge in [0.05, 0.1) is 34.3 Å². The van der Waals surface area contributed by atoms with Crippen LogP contribution in [0.2, 0.25) is 0 Å². The fraction of sp³-hybridized carbons (Fsp3) is 0.156. The summed E-state index contributed by atoms with van der Waals surface area (Å²) in [6.07, 6.45) is 1.90. The first-order chi connectivity index (χ1) is 19.8. The van der Waals surface area contributed by atoms with E-state index >= 15 is 0 Å². The molecule has 0 aliphatic carbocycles. The lowest BCUT2D eigenvalue weighted by molar-refractivity contribution is -0.137. The maximum Gasteiger partial charge on any atom is 0.303 e. The average molecular weight is 569 g/mol. The number of aromatic nitrogens is 1. The number of methoxy groups -OCH3 is 1. The molecule has 0 saturated heterocycles. The van der Waals surface area contributed by atoms with E-state index in [1.54, 1.807) is 60.7 Å². The summed E-state index contributed by atoms with van der Waals surface area (Å²) in [5.41, 5.74) is 2.43. The Bertz CT molecular complexity index is 1780. The van der Waals surface area contributed by atoms with Crippen molar-refractivity contribution < 1.29 is 27.9 Å². The molecule has 0 spiro atoms. The maximum atomic E-state index is 14.5. The number of amides is 1. The number of rotatable bonds is 10. The average Bonchev–Trinajstić information content (AvgIpc) is 2.98. The van der Waals surface area contributed by atoms with Gasteiger partial charge in [0.2, 0.25) is 0 Å². The van der Waals surface area contributed by atoms with Crippen molar-refractivity contribution in [3.8, 4) is 5.75 Å². The highest BCUT2D eigenvalue weighted by molar-refractivity contribution is 7.93. The number of carboxylic acid groups (broad SMARTS) is 1. The van der Waals surface area contributed by atoms with Crippen LogP contribution >= 0.6 is 0 Å². The number of aryl methyl sites for hydroxylation is 1. The SMILES string of the molecule is COc1ccc(N(C(=O)c2c3ccccc3nc3ccccc23)S(=O)(=O)c2ccc(CCCCC(=O)O)cc2)cc1. The van der Waals surface area contributed by atoms with E-state index in [2.05, 4.69) is 4.98 Å². The first-order valence-corrected chi connectivity index (χ1v) is 14.6. The van der Waals surface area contributed by atoms with E-state index in [1.807, 2.05) is 12.1 Å². The second-order valence-electron chi connectivity index (χ2n) is 9.54. The van der Waals surface area contributed by atoms with Crippen LogP contribution in [0.25, 0.3) is 21.8 Å². The fourth-order valence-electron chi connectivity index (χ4n) is 4.79. The highest BCUT2D eigenvalue weighted by atomic mass is 32.2. The molecule has 9 heteroatoms. The Morgan fingerprint density at radius 2 is 1.39 bits per heavy atom. The number of nitrogens with zero attached hydrogens (tertiary/aromatic N) is 2. The topological polar surface area (TPSA) is 114 Å². The number of ether oxygens (including phenoxy) is 1. The van der Waals surface area contributed by atoms with Gasteiger partial charge in [0, 0.05) is 17.2 Å². The molecule has 1 aromatic heterocycles. The largest absolute Gasteiger partial charge is 0.497 e. The van der Waals surface area contributed by atoms with Crippen molar-refractivity contribution >= 4 is 49.4 Å². The number of fused-ring (bicyclic) bond motifs is 2. The minimum atomic E-state index is -4.37. The molecular weight excluding hydrogens is 540 g/mol. The first kappa shape index (κ1) is 27.8. The molecule has 8 nitrogen and oxygen atoms in total. The molecule has 0 unspecified atom stereocenters. The third-order valence-corrected chi connectivity index (χ3v) is 8.59. The zero-order valence-electron chi connectivity index (χ0n) is 22.4. The molecule has 5 aromatic rings. The van der Waals surface area contributed by atoms with E-state index in [9.17, 15) is 18.0 Å². The van der Waals surface area contributed by atoms with Gasteiger partial charge >= 0.3 is 5.97 Å². The van der Waals surface area contributed by atoms with Crippen LogP contribution in [0.5, 0.6) is 5.75 Å². The molecule has 0 aliphatic rings. The maximum absolute atomic E-state index is 14.5. The zero-order valence-corrected chi connectivity index (χ0v) is 23.2. The molecular formula is C32H28N2O6S. The zero-order chi connectivity index (χ0) is 29.0. The van der Waals surface area contributed by atoms with Crippen LogP contribution in [0.4, 0.5) is 5.69 Å². The quantitative estimate of drug-likeness (QED) is 0.157. The van der Waals surface area contributed by atoms with Gasteiger partial charge in [-0.3, -0.25) is 9.59 Å². The minimum Gasteiger partial charge on any atom is -0.497 e. The Morgan fingerprint density at radius 3 is 1.95 bits per heavy atom. The summed E-state index contributed by atoms with van der Waals surface area (Å²) in [6.45, 7) is 0. The molecule has 5 rings (SSSR count). The summed E-state index contributed by atoms with van der Waals surface area (Å²) in [4.78, 5) is 29.9. The van der Waals surface area contributed by atoms with E-state index in [-0.39, 0.29) is 22.6 Å². The molecule has 1 N–H and O–H groups in total. The summed E-state index contributed by atoms with van der Waals surface area (Å²) in [6, 6.07) is 27.0. The van der Waals surface area contributed by atoms with E-state index in [0.29, 0.717) is 46.8 Å². The summed E-state index contributed by atoms with van der Waals surface area (Å²) >= 11 is 0. The summed E-state index contributed by atoms with van der Waals surface area (Å²) in [7, 11) is -2.86. The summed E-state index contributed by atoms with van der Waals surface area (Å²) in [5.74, 6) is -1.03. The Morgan fingerprint density at radius 1 is 0.805 bits per heavy atom. The second-order valence-corrected chi connectivity index (χ2v) is 11.3. The van der Waals surface area contributed by atoms with Crippen molar-refractivity contribution in [3.05, 3.63) is 108 Å². The Hall–Kier alpha value is -4.76. The van der Waals surface area contributed by atoms with Crippen molar-refractivity contribution in [2.24, 2.45) is 0 Å². The predicted molar refractivity (Wildman–Crippen MR) is 158 cm³/mol. The number of sulfonamides is 1. The summed E-state index contributed by atoms with van der Waals surface area (Å²) < 4.78 is 34.5. The van der Waals surface area contributed by atoms with Crippen molar-refractivity contribution in [1.29, 1.82) is 0 Å². The summed E-state index contributed by atoms with van der Waals surface area (Å²) in [5, 5.41) is 9.93. The van der Waals surface area contributed by atoms with E-state index in [0.717, 1.165) is 9.87 Å². The highest BCUT2D eigenvalue weighted by Crippen LogP contribution is 2.33. The first-order valence-electron chi connectivity index (χ1n) is 13.1. The number of anilines is 1. The number of pyridine rings is 1. The van der Waals surface area contributed by atoms with Crippen molar-refractivity contribution in [2.75, 3.05) is 11.4 Å². The fourth-order valence-corrected chi connectivity index (χ4v) is 6.19. The Balaban J connectivity index is 1.61. The lowest BCUT2D eigenvalue weighted by atomic mass is 10.0. The molecule has 0 aliphatic heterocycles. The highest BCUT2D eigenvalue weighted by Gasteiger charge is 2.34. The van der Waals surface area contributed by atoms with Gasteiger partial charge in [0.25, 0.3) is 15.9 Å². The third-order valence-electron chi connectivity index (χ3n) is 6.86. The molecule has 0 bridgehead atoms. The van der Waals surface area contributed by atoms with Gasteiger partial charge in [-0.2, -0.15) is 4.31 Å². The van der Waals surface area contributed by atoms with Gasteiger partial charge in [0.1, 0.15) is 5.75 Å². The van der Waals surface area contributed by atoms with Crippen LogP contribution < -0.4 is 9.04 Å². The van der Waals surface area contributed by atoms with Crippen molar-refractivity contribution in [2.45, 2.75) is 30.6 Å². The van der Waals surface area contributed by atoms with Crippen molar-refractivity contribution in [3.63, 3.8) is 0 Å². The molecule has 41 heavy (non-hydrogen) atoms. The van der Waals surface area contributed by atoms with Gasteiger partial charge in [0.15, 0.2) is 0 Å². The molecule has 208 valence electrons. The van der Waals surface area contributed by atoms with E-state index < -0.39 is 21.9 Å². The number of carboxylic acids is 1. The van der Waals surface area contributed by atoms with Crippen LogP contribution in [-0.4, -0.2) is 37.5 Å². The Kier molecular flexibility index (Phi) is 7.98. The van der Waals surface area contributed by atoms with E-state index in [4.69, 9.17) is 9.84 Å². The van der Waals surface area contributed by atoms with Crippen LogP contribution in [0.15, 0.2) is 102 Å². The lowest BCUT2D eigenvalue weighted by Crippen LogP contribution is -2.37. The molecule has 4 aromatic carbocycles. The molecule has 1 heterocycles. The predicted octanol–water partition coefficient (Wildman–Crippen LogP) is 6.23. The number of para-hydroxylation sites is 2. The molecule has 0 saturated carbocycles. The standard InChI is InChI=1S/C32H28N2O6S/c1-40-24-18-16-23(17-19-24)34(41(38,39)25-20-14-22(15-21-25)8-2-7-13-30(35)36)32(37)31-26-9-3-5-11-28(26)33-29-12-6-4-10-27(29)31/h3-6,9-12,14-21H,2,7-8,13H2,1H3,(H,35,36). The molecule has 0 atom stereocenters. The van der Waals surface area contributed by atoms with Crippen LogP contribution in [-0.2, 0) is 21.2 Å². The van der Waals surface area contributed by atoms with Gasteiger partial charge in [-0.05, 0) is 73.4 Å². The van der Waals surface area contributed by atoms with Crippen LogP contribution in [0.3, 0.4) is 0 Å². The monoisotopic (exact) mass is 568 g/mol. The molecule has 1 amide bonds. The number of unbranched alkanes of at least 4 members (excludes halogenated alkanes) is 1. The van der Waals surface area contributed by atoms with Crippen molar-refractivity contribution in [1.82, 2.24) is 4.98 Å². The lowest BCUT2D eigenvalue weighted by Gasteiger charge is -2.24. The Labute approximate surface area is 237 Å². The third kappa shape index (κ3) is 5.76. The minimum absolute atomic E-state index is 0.0429. The smallest absolute Gasteiger partial charge is 0.303 e. The number of hydrogen-bond donors (Lipinski definition) is 1. The molecule has 0 fully saturated rings. The van der Waals surface area contributed by atoms with E-state index in [1.165, 1.54) is 31.4 Å². The van der Waals surface area contributed by atoms with Gasteiger partial charge in [-0.15, -0.1) is 0 Å². The number of carbonyl (C=O) groups excluding carboxylic acids is 1. The van der Waals surface area contributed by atoms with Gasteiger partial charge < -0.3 is 9.84 Å². The van der Waals surface area contributed by atoms with Crippen LogP contribution in [0, 0.1) is 0 Å².